The lowest BCUT2D eigenvalue weighted by molar-refractivity contribution is -0.111. The third kappa shape index (κ3) is 8.05. The van der Waals surface area contributed by atoms with Crippen LogP contribution < -0.4 is 14.8 Å². The number of rotatable bonds is 11. The molecule has 0 heterocycles. The number of carbonyl (C=O) groups is 1. The molecule has 5 nitrogen and oxygen atoms in total. The van der Waals surface area contributed by atoms with Crippen LogP contribution in [-0.2, 0) is 11.2 Å². The van der Waals surface area contributed by atoms with Crippen molar-refractivity contribution < 1.29 is 14.3 Å². The highest BCUT2D eigenvalue weighted by molar-refractivity contribution is 6.42. The molecule has 0 aromatic heterocycles. The third-order valence-corrected chi connectivity index (χ3v) is 5.71. The second-order valence-electron chi connectivity index (χ2n) is 7.98. The Hall–Kier alpha value is -2.21. The zero-order valence-corrected chi connectivity index (χ0v) is 20.8. The maximum Gasteiger partial charge on any atom is 0.248 e. The molecule has 2 aromatic carbocycles. The van der Waals surface area contributed by atoms with E-state index in [9.17, 15) is 4.79 Å². The van der Waals surface area contributed by atoms with Crippen molar-refractivity contribution in [3.8, 4) is 11.5 Å². The first-order valence-electron chi connectivity index (χ1n) is 10.7. The topological polar surface area (TPSA) is 50.8 Å². The number of hydrogen-bond acceptors (Lipinski definition) is 4. The predicted molar refractivity (Wildman–Crippen MR) is 133 cm³/mol. The lowest BCUT2D eigenvalue weighted by atomic mass is 10.1. The van der Waals surface area contributed by atoms with Gasteiger partial charge in [0.2, 0.25) is 5.91 Å². The van der Waals surface area contributed by atoms with Crippen molar-refractivity contribution in [3.63, 3.8) is 0 Å². The fraction of sp³-hybridized carbons (Fsp3) is 0.400. The molecule has 32 heavy (non-hydrogen) atoms. The zero-order valence-electron chi connectivity index (χ0n) is 19.3. The lowest BCUT2D eigenvalue weighted by Gasteiger charge is -2.30. The Kier molecular flexibility index (Phi) is 10.4. The van der Waals surface area contributed by atoms with Gasteiger partial charge in [-0.1, -0.05) is 35.3 Å². The maximum absolute atomic E-state index is 12.3. The van der Waals surface area contributed by atoms with Crippen molar-refractivity contribution in [2.75, 3.05) is 25.6 Å². The summed E-state index contributed by atoms with van der Waals surface area (Å²) in [5.41, 5.74) is 1.61. The van der Waals surface area contributed by atoms with Gasteiger partial charge in [0.25, 0.3) is 0 Å². The summed E-state index contributed by atoms with van der Waals surface area (Å²) in [6.07, 6.45) is 3.85. The highest BCUT2D eigenvalue weighted by Gasteiger charge is 2.14. The predicted octanol–water partition coefficient (Wildman–Crippen LogP) is 6.24. The molecule has 0 aliphatic rings. The van der Waals surface area contributed by atoms with Crippen molar-refractivity contribution in [2.24, 2.45) is 0 Å². The Morgan fingerprint density at radius 3 is 2.38 bits per heavy atom. The molecule has 0 radical (unpaired) electrons. The van der Waals surface area contributed by atoms with Gasteiger partial charge in [0.05, 0.1) is 17.2 Å². The Balaban J connectivity index is 1.96. The summed E-state index contributed by atoms with van der Waals surface area (Å²) >= 11 is 12.0. The van der Waals surface area contributed by atoms with Crippen molar-refractivity contribution >= 4 is 34.8 Å². The third-order valence-electron chi connectivity index (χ3n) is 4.97. The van der Waals surface area contributed by atoms with Gasteiger partial charge in [0.1, 0.15) is 6.61 Å². The molecule has 174 valence electrons. The first-order chi connectivity index (χ1) is 15.2. The summed E-state index contributed by atoms with van der Waals surface area (Å²) in [5.74, 6) is 0.989. The lowest BCUT2D eigenvalue weighted by Crippen LogP contribution is -2.39. The number of methoxy groups -OCH3 is 1. The van der Waals surface area contributed by atoms with Gasteiger partial charge >= 0.3 is 0 Å². The standard InChI is InChI=1S/C25H32Cl2N2O3/c1-17(2)29(18(3)4)13-14-32-24-16-20(10-12-23(24)31-5)28-25(30)8-6-7-19-9-11-21(26)22(27)15-19/h6,8-12,15-18H,7,13-14H2,1-5H3,(H,28,30)/b8-6+. The minimum Gasteiger partial charge on any atom is -0.493 e. The summed E-state index contributed by atoms with van der Waals surface area (Å²) in [4.78, 5) is 14.7. The van der Waals surface area contributed by atoms with E-state index in [-0.39, 0.29) is 5.91 Å². The average Bonchev–Trinajstić information content (AvgIpc) is 2.73. The summed E-state index contributed by atoms with van der Waals surface area (Å²) in [5, 5.41) is 3.87. The quantitative estimate of drug-likeness (QED) is 0.388. The number of amides is 1. The van der Waals surface area contributed by atoms with Crippen LogP contribution in [0.2, 0.25) is 10.0 Å². The van der Waals surface area contributed by atoms with Crippen LogP contribution in [0.1, 0.15) is 33.3 Å². The van der Waals surface area contributed by atoms with Gasteiger partial charge in [-0.25, -0.2) is 0 Å². The summed E-state index contributed by atoms with van der Waals surface area (Å²) in [6.45, 7) is 10.0. The molecule has 2 aromatic rings. The number of ether oxygens (including phenoxy) is 2. The molecule has 0 spiro atoms. The molecule has 0 bridgehead atoms. The normalized spacial score (nSPS) is 11.6. The van der Waals surface area contributed by atoms with E-state index >= 15 is 0 Å². The number of nitrogens with one attached hydrogen (secondary N) is 1. The fourth-order valence-corrected chi connectivity index (χ4v) is 3.71. The van der Waals surface area contributed by atoms with E-state index in [0.29, 0.717) is 52.3 Å². The Labute approximate surface area is 201 Å². The Bertz CT molecular complexity index is 921. The van der Waals surface area contributed by atoms with Crippen molar-refractivity contribution in [1.29, 1.82) is 0 Å². The molecular formula is C25H32Cl2N2O3. The minimum atomic E-state index is -0.230. The van der Waals surface area contributed by atoms with Crippen LogP contribution >= 0.6 is 23.2 Å². The fourth-order valence-electron chi connectivity index (χ4n) is 3.39. The second kappa shape index (κ2) is 12.7. The monoisotopic (exact) mass is 478 g/mol. The molecule has 0 atom stereocenters. The summed E-state index contributed by atoms with van der Waals surface area (Å²) < 4.78 is 11.4. The molecule has 0 saturated carbocycles. The SMILES string of the molecule is COc1ccc(NC(=O)/C=C/Cc2ccc(Cl)c(Cl)c2)cc1OCCN(C(C)C)C(C)C. The first-order valence-corrected chi connectivity index (χ1v) is 11.4. The second-order valence-corrected chi connectivity index (χ2v) is 8.80. The van der Waals surface area contributed by atoms with Crippen molar-refractivity contribution in [1.82, 2.24) is 4.90 Å². The largest absolute Gasteiger partial charge is 0.493 e. The molecule has 1 N–H and O–H groups in total. The number of benzene rings is 2. The Morgan fingerprint density at radius 1 is 1.03 bits per heavy atom. The molecule has 7 heteroatoms. The van der Waals surface area contributed by atoms with Gasteiger partial charge in [-0.15, -0.1) is 0 Å². The zero-order chi connectivity index (χ0) is 23.7. The number of hydrogen-bond donors (Lipinski definition) is 1. The van der Waals surface area contributed by atoms with E-state index in [1.807, 2.05) is 6.07 Å². The molecule has 1 amide bonds. The number of anilines is 1. The van der Waals surface area contributed by atoms with Crippen LogP contribution in [0.4, 0.5) is 5.69 Å². The molecule has 0 unspecified atom stereocenters. The van der Waals surface area contributed by atoms with Crippen LogP contribution in [0.3, 0.4) is 0 Å². The maximum atomic E-state index is 12.3. The smallest absolute Gasteiger partial charge is 0.248 e. The van der Waals surface area contributed by atoms with Gasteiger partial charge in [-0.2, -0.15) is 0 Å². The number of carbonyl (C=O) groups excluding carboxylic acids is 1. The molecule has 0 aliphatic carbocycles. The summed E-state index contributed by atoms with van der Waals surface area (Å²) in [6, 6.07) is 11.6. The molecular weight excluding hydrogens is 447 g/mol. The number of nitrogens with zero attached hydrogens (tertiary/aromatic N) is 1. The van der Waals surface area contributed by atoms with Gasteiger partial charge < -0.3 is 14.8 Å². The van der Waals surface area contributed by atoms with Crippen molar-refractivity contribution in [2.45, 2.75) is 46.2 Å². The Morgan fingerprint density at radius 2 is 1.75 bits per heavy atom. The molecule has 0 aliphatic heterocycles. The minimum absolute atomic E-state index is 0.230. The van der Waals surface area contributed by atoms with Crippen LogP contribution in [-0.4, -0.2) is 43.2 Å². The van der Waals surface area contributed by atoms with Crippen LogP contribution in [0.25, 0.3) is 0 Å². The van der Waals surface area contributed by atoms with Crippen LogP contribution in [0.5, 0.6) is 11.5 Å². The molecule has 0 fully saturated rings. The highest BCUT2D eigenvalue weighted by Crippen LogP contribution is 2.30. The number of halogens is 2. The van der Waals surface area contributed by atoms with E-state index in [2.05, 4.69) is 37.9 Å². The molecule has 0 saturated heterocycles. The first kappa shape index (κ1) is 26.0. The average molecular weight is 479 g/mol. The van der Waals surface area contributed by atoms with Gasteiger partial charge in [0.15, 0.2) is 11.5 Å². The van der Waals surface area contributed by atoms with Crippen LogP contribution in [0.15, 0.2) is 48.6 Å². The van der Waals surface area contributed by atoms with E-state index in [1.54, 1.807) is 43.5 Å². The van der Waals surface area contributed by atoms with Gasteiger partial charge in [0, 0.05) is 30.4 Å². The highest BCUT2D eigenvalue weighted by atomic mass is 35.5. The van der Waals surface area contributed by atoms with Gasteiger partial charge in [-0.3, -0.25) is 9.69 Å². The summed E-state index contributed by atoms with van der Waals surface area (Å²) in [7, 11) is 1.60. The van der Waals surface area contributed by atoms with Crippen molar-refractivity contribution in [3.05, 3.63) is 64.2 Å². The van der Waals surface area contributed by atoms with E-state index < -0.39 is 0 Å². The van der Waals surface area contributed by atoms with E-state index in [4.69, 9.17) is 32.7 Å². The number of allylic oxidation sites excluding steroid dienone is 1. The van der Waals surface area contributed by atoms with E-state index in [1.165, 1.54) is 6.08 Å². The van der Waals surface area contributed by atoms with E-state index in [0.717, 1.165) is 12.1 Å². The molecule has 2 rings (SSSR count). The van der Waals surface area contributed by atoms with Crippen LogP contribution in [0, 0.1) is 0 Å². The van der Waals surface area contributed by atoms with Gasteiger partial charge in [-0.05, 0) is 70.0 Å².